The summed E-state index contributed by atoms with van der Waals surface area (Å²) < 4.78 is 18.1. The number of halogens is 1. The fourth-order valence-corrected chi connectivity index (χ4v) is 4.01. The number of carbonyl (C=O) groups excluding carboxylic acids is 1. The van der Waals surface area contributed by atoms with E-state index in [0.29, 0.717) is 29.1 Å². The summed E-state index contributed by atoms with van der Waals surface area (Å²) >= 11 is 3.40. The molecule has 0 saturated heterocycles. The molecule has 37 heavy (non-hydrogen) atoms. The van der Waals surface area contributed by atoms with Crippen molar-refractivity contribution < 1.29 is 28.6 Å². The molecule has 9 heteroatoms. The van der Waals surface area contributed by atoms with Crippen molar-refractivity contribution in [2.75, 3.05) is 7.11 Å². The molecule has 1 aromatic heterocycles. The first-order valence-electron chi connectivity index (χ1n) is 11.2. The van der Waals surface area contributed by atoms with Crippen LogP contribution in [-0.2, 0) is 13.0 Å². The smallest absolute Gasteiger partial charge is 0.335 e. The van der Waals surface area contributed by atoms with Gasteiger partial charge in [0.25, 0.3) is 0 Å². The van der Waals surface area contributed by atoms with E-state index < -0.39 is 11.9 Å². The molecule has 2 N–H and O–H groups in total. The van der Waals surface area contributed by atoms with Crippen molar-refractivity contribution in [3.63, 3.8) is 0 Å². The summed E-state index contributed by atoms with van der Waals surface area (Å²) in [4.78, 5) is 23.6. The molecule has 4 aromatic rings. The van der Waals surface area contributed by atoms with Gasteiger partial charge in [0, 0.05) is 15.4 Å². The second-order valence-corrected chi connectivity index (χ2v) is 8.90. The highest BCUT2D eigenvalue weighted by atomic mass is 79.9. The van der Waals surface area contributed by atoms with Gasteiger partial charge in [-0.05, 0) is 66.1 Å². The van der Waals surface area contributed by atoms with Gasteiger partial charge in [-0.25, -0.2) is 10.2 Å². The van der Waals surface area contributed by atoms with E-state index in [9.17, 15) is 9.59 Å². The Labute approximate surface area is 221 Å². The molecule has 0 unspecified atom stereocenters. The number of carboxylic acids is 1. The largest absolute Gasteiger partial charge is 0.493 e. The molecule has 1 heterocycles. The van der Waals surface area contributed by atoms with Crippen LogP contribution in [0.25, 0.3) is 11.0 Å². The zero-order valence-corrected chi connectivity index (χ0v) is 21.4. The number of amides is 1. The summed E-state index contributed by atoms with van der Waals surface area (Å²) in [7, 11) is 1.53. The first-order valence-corrected chi connectivity index (χ1v) is 12.0. The number of methoxy groups -OCH3 is 1. The van der Waals surface area contributed by atoms with E-state index in [4.69, 9.17) is 19.0 Å². The quantitative estimate of drug-likeness (QED) is 0.140. The van der Waals surface area contributed by atoms with E-state index in [2.05, 4.69) is 33.0 Å². The number of fused-ring (bicyclic) bond motifs is 1. The average molecular weight is 563 g/mol. The number of hydrogen-bond acceptors (Lipinski definition) is 6. The zero-order chi connectivity index (χ0) is 26.4. The molecule has 0 aliphatic carbocycles. The standard InChI is InChI=1S/C28H23BrN2O6/c1-3-4-20-11-18(15-30-31-27(32)25-14-21-13-22(29)9-10-23(21)37-25)12-24(35-2)26(20)36-16-17-5-7-19(8-6-17)28(33)34/h3,5-15H,1,4,16H2,2H3,(H,31,32)(H,33,34)/b30-15+. The molecule has 0 radical (unpaired) electrons. The number of hydrazone groups is 1. The van der Waals surface area contributed by atoms with Crippen molar-refractivity contribution in [2.24, 2.45) is 5.10 Å². The van der Waals surface area contributed by atoms with E-state index in [0.717, 1.165) is 21.0 Å². The number of nitrogens with zero attached hydrogens (tertiary/aromatic N) is 1. The lowest BCUT2D eigenvalue weighted by Crippen LogP contribution is -2.16. The van der Waals surface area contributed by atoms with E-state index in [1.54, 1.807) is 36.4 Å². The van der Waals surface area contributed by atoms with Crippen molar-refractivity contribution in [3.05, 3.63) is 106 Å². The predicted octanol–water partition coefficient (Wildman–Crippen LogP) is 5.97. The van der Waals surface area contributed by atoms with Gasteiger partial charge < -0.3 is 19.0 Å². The van der Waals surface area contributed by atoms with Crippen molar-refractivity contribution in [1.82, 2.24) is 5.43 Å². The molecule has 0 aliphatic heterocycles. The van der Waals surface area contributed by atoms with Gasteiger partial charge in [0.05, 0.1) is 18.9 Å². The normalized spacial score (nSPS) is 11.0. The molecule has 0 atom stereocenters. The Morgan fingerprint density at radius 3 is 2.62 bits per heavy atom. The SMILES string of the molecule is C=CCc1cc(/C=N/NC(=O)c2cc3cc(Br)ccc3o2)cc(OC)c1OCc1ccc(C(=O)O)cc1. The Balaban J connectivity index is 1.49. The molecule has 188 valence electrons. The first kappa shape index (κ1) is 25.7. The first-order chi connectivity index (χ1) is 17.9. The Bertz CT molecular complexity index is 1490. The van der Waals surface area contributed by atoms with Gasteiger partial charge in [0.15, 0.2) is 17.3 Å². The summed E-state index contributed by atoms with van der Waals surface area (Å²) in [5.41, 5.74) is 5.59. The number of nitrogens with one attached hydrogen (secondary N) is 1. The number of allylic oxidation sites excluding steroid dienone is 1. The molecule has 0 fully saturated rings. The lowest BCUT2D eigenvalue weighted by molar-refractivity contribution is 0.0696. The maximum Gasteiger partial charge on any atom is 0.335 e. The molecule has 4 rings (SSSR count). The third-order valence-electron chi connectivity index (χ3n) is 5.40. The van der Waals surface area contributed by atoms with Crippen LogP contribution in [0, 0.1) is 0 Å². The zero-order valence-electron chi connectivity index (χ0n) is 19.9. The number of carboxylic acid groups (broad SMARTS) is 1. The lowest BCUT2D eigenvalue weighted by Gasteiger charge is -2.16. The number of rotatable bonds is 10. The maximum atomic E-state index is 12.5. The third-order valence-corrected chi connectivity index (χ3v) is 5.90. The molecule has 0 spiro atoms. The van der Waals surface area contributed by atoms with Crippen LogP contribution in [0.15, 0.2) is 87.3 Å². The summed E-state index contributed by atoms with van der Waals surface area (Å²) in [6.07, 6.45) is 3.75. The highest BCUT2D eigenvalue weighted by Crippen LogP contribution is 2.34. The number of furan rings is 1. The average Bonchev–Trinajstić information content (AvgIpc) is 3.31. The molecule has 0 saturated carbocycles. The van der Waals surface area contributed by atoms with Crippen LogP contribution in [0.3, 0.4) is 0 Å². The minimum absolute atomic E-state index is 0.148. The molecular formula is C28H23BrN2O6. The summed E-state index contributed by atoms with van der Waals surface area (Å²) in [5.74, 6) is -0.288. The van der Waals surface area contributed by atoms with Crippen LogP contribution in [0.4, 0.5) is 0 Å². The van der Waals surface area contributed by atoms with Gasteiger partial charge >= 0.3 is 11.9 Å². The Kier molecular flexibility index (Phi) is 8.05. The second kappa shape index (κ2) is 11.6. The van der Waals surface area contributed by atoms with Crippen molar-refractivity contribution in [2.45, 2.75) is 13.0 Å². The highest BCUT2D eigenvalue weighted by molar-refractivity contribution is 9.10. The van der Waals surface area contributed by atoms with Crippen LogP contribution in [-0.4, -0.2) is 30.3 Å². The molecule has 1 amide bonds. The fraction of sp³-hybridized carbons (Fsp3) is 0.107. The van der Waals surface area contributed by atoms with Gasteiger partial charge in [0.2, 0.25) is 0 Å². The predicted molar refractivity (Wildman–Crippen MR) is 144 cm³/mol. The number of carbonyl (C=O) groups is 2. The topological polar surface area (TPSA) is 110 Å². The molecule has 0 bridgehead atoms. The van der Waals surface area contributed by atoms with Gasteiger partial charge in [0.1, 0.15) is 12.2 Å². The van der Waals surface area contributed by atoms with Gasteiger partial charge in [-0.3, -0.25) is 4.79 Å². The summed E-state index contributed by atoms with van der Waals surface area (Å²) in [6, 6.07) is 17.2. The Morgan fingerprint density at radius 1 is 1.14 bits per heavy atom. The van der Waals surface area contributed by atoms with E-state index in [1.165, 1.54) is 25.5 Å². The van der Waals surface area contributed by atoms with Crippen molar-refractivity contribution in [3.8, 4) is 11.5 Å². The van der Waals surface area contributed by atoms with Crippen molar-refractivity contribution >= 4 is 45.0 Å². The number of benzene rings is 3. The molecular weight excluding hydrogens is 540 g/mol. The highest BCUT2D eigenvalue weighted by Gasteiger charge is 2.14. The van der Waals surface area contributed by atoms with Gasteiger partial charge in [-0.2, -0.15) is 5.10 Å². The summed E-state index contributed by atoms with van der Waals surface area (Å²) in [5, 5.41) is 13.9. The second-order valence-electron chi connectivity index (χ2n) is 7.99. The molecule has 3 aromatic carbocycles. The van der Waals surface area contributed by atoms with Crippen LogP contribution < -0.4 is 14.9 Å². The maximum absolute atomic E-state index is 12.5. The van der Waals surface area contributed by atoms with Crippen LogP contribution in [0.5, 0.6) is 11.5 Å². The van der Waals surface area contributed by atoms with E-state index in [-0.39, 0.29) is 17.9 Å². The van der Waals surface area contributed by atoms with Gasteiger partial charge in [-0.15, -0.1) is 6.58 Å². The number of ether oxygens (including phenoxy) is 2. The Hall–Kier alpha value is -4.37. The monoisotopic (exact) mass is 562 g/mol. The number of hydrogen-bond donors (Lipinski definition) is 2. The third kappa shape index (κ3) is 6.25. The minimum atomic E-state index is -0.985. The minimum Gasteiger partial charge on any atom is -0.493 e. The van der Waals surface area contributed by atoms with Crippen molar-refractivity contribution in [1.29, 1.82) is 0 Å². The molecule has 8 nitrogen and oxygen atoms in total. The fourth-order valence-electron chi connectivity index (χ4n) is 3.63. The summed E-state index contributed by atoms with van der Waals surface area (Å²) in [6.45, 7) is 4.03. The van der Waals surface area contributed by atoms with Crippen LogP contribution in [0.1, 0.15) is 37.6 Å². The lowest BCUT2D eigenvalue weighted by atomic mass is 10.1. The van der Waals surface area contributed by atoms with E-state index in [1.807, 2.05) is 18.2 Å². The molecule has 0 aliphatic rings. The van der Waals surface area contributed by atoms with Crippen LogP contribution in [0.2, 0.25) is 0 Å². The van der Waals surface area contributed by atoms with Crippen LogP contribution >= 0.6 is 15.9 Å². The Morgan fingerprint density at radius 2 is 1.92 bits per heavy atom. The van der Waals surface area contributed by atoms with E-state index >= 15 is 0 Å². The number of aromatic carboxylic acids is 1. The van der Waals surface area contributed by atoms with Gasteiger partial charge in [-0.1, -0.05) is 34.1 Å².